The van der Waals surface area contributed by atoms with Gasteiger partial charge in [0.2, 0.25) is 0 Å². The molecule has 2 aliphatic rings. The van der Waals surface area contributed by atoms with E-state index in [0.717, 1.165) is 21.9 Å². The number of benzene rings is 2. The van der Waals surface area contributed by atoms with Gasteiger partial charge in [-0.05, 0) is 19.1 Å². The molecule has 7 heteroatoms. The highest BCUT2D eigenvalue weighted by molar-refractivity contribution is 6.02. The van der Waals surface area contributed by atoms with Gasteiger partial charge in [-0.2, -0.15) is 0 Å². The summed E-state index contributed by atoms with van der Waals surface area (Å²) in [6.45, 7) is 1.93. The number of rotatable bonds is 4. The standard InChI is InChI=1S/C20H22O7/c1-9-14-16(19-12(26-9)8-13(21)27-19)17(23-3)10-6-7-11(22-2)18(24-4)15(10)20(14)25-5/h6-7,9,12,19H,8H2,1-5H3/t9-,12+,19-/m0/s1. The highest BCUT2D eigenvalue weighted by Crippen LogP contribution is 2.56. The van der Waals surface area contributed by atoms with Crippen molar-refractivity contribution in [1.82, 2.24) is 0 Å². The third-order valence-electron chi connectivity index (χ3n) is 5.24. The lowest BCUT2D eigenvalue weighted by atomic mass is 9.87. The van der Waals surface area contributed by atoms with Crippen molar-refractivity contribution < 1.29 is 33.2 Å². The van der Waals surface area contributed by atoms with Crippen LogP contribution in [0.25, 0.3) is 10.8 Å². The Bertz CT molecular complexity index is 921. The van der Waals surface area contributed by atoms with Crippen LogP contribution in [-0.2, 0) is 14.3 Å². The highest BCUT2D eigenvalue weighted by Gasteiger charge is 2.47. The molecule has 3 atom stereocenters. The van der Waals surface area contributed by atoms with Crippen molar-refractivity contribution in [1.29, 1.82) is 0 Å². The van der Waals surface area contributed by atoms with E-state index in [4.69, 9.17) is 28.4 Å². The quantitative estimate of drug-likeness (QED) is 0.760. The van der Waals surface area contributed by atoms with Crippen molar-refractivity contribution in [2.75, 3.05) is 28.4 Å². The van der Waals surface area contributed by atoms with E-state index in [1.54, 1.807) is 28.4 Å². The molecule has 0 aromatic heterocycles. The molecule has 2 aromatic carbocycles. The molecule has 0 amide bonds. The van der Waals surface area contributed by atoms with E-state index in [0.29, 0.717) is 23.0 Å². The summed E-state index contributed by atoms with van der Waals surface area (Å²) in [5, 5.41) is 1.52. The van der Waals surface area contributed by atoms with Crippen molar-refractivity contribution in [2.45, 2.75) is 31.7 Å². The Kier molecular flexibility index (Phi) is 4.26. The van der Waals surface area contributed by atoms with E-state index in [1.165, 1.54) is 0 Å². The molecule has 0 bridgehead atoms. The zero-order valence-electron chi connectivity index (χ0n) is 16.0. The zero-order chi connectivity index (χ0) is 19.3. The summed E-state index contributed by atoms with van der Waals surface area (Å²) in [7, 11) is 6.36. The molecular formula is C20H22O7. The SMILES string of the molecule is COc1ccc2c(OC)c3c(c(OC)c2c1OC)[C@H](C)O[C@@H]1CC(=O)O[C@H]31. The van der Waals surface area contributed by atoms with Gasteiger partial charge >= 0.3 is 5.97 Å². The number of carbonyl (C=O) groups excluding carboxylic acids is 1. The first-order chi connectivity index (χ1) is 13.0. The van der Waals surface area contributed by atoms with Gasteiger partial charge in [0.15, 0.2) is 17.6 Å². The fourth-order valence-corrected chi connectivity index (χ4v) is 4.22. The van der Waals surface area contributed by atoms with Crippen molar-refractivity contribution in [3.05, 3.63) is 23.3 Å². The van der Waals surface area contributed by atoms with Crippen LogP contribution in [0.2, 0.25) is 0 Å². The lowest BCUT2D eigenvalue weighted by Crippen LogP contribution is -2.27. The molecule has 2 aromatic rings. The average Bonchev–Trinajstić information content (AvgIpc) is 3.04. The van der Waals surface area contributed by atoms with Crippen LogP contribution in [0.1, 0.15) is 36.7 Å². The van der Waals surface area contributed by atoms with Gasteiger partial charge in [0, 0.05) is 16.5 Å². The Balaban J connectivity index is 2.14. The Morgan fingerprint density at radius 1 is 0.926 bits per heavy atom. The summed E-state index contributed by atoms with van der Waals surface area (Å²) in [5.74, 6) is 2.08. The smallest absolute Gasteiger partial charge is 0.309 e. The minimum atomic E-state index is -0.523. The Hall–Kier alpha value is -2.67. The van der Waals surface area contributed by atoms with Crippen molar-refractivity contribution in [3.63, 3.8) is 0 Å². The molecule has 1 saturated heterocycles. The summed E-state index contributed by atoms with van der Waals surface area (Å²) >= 11 is 0. The second-order valence-electron chi connectivity index (χ2n) is 6.55. The molecule has 0 aliphatic carbocycles. The molecule has 4 rings (SSSR count). The van der Waals surface area contributed by atoms with Gasteiger partial charge in [0.1, 0.15) is 17.6 Å². The van der Waals surface area contributed by atoms with Crippen LogP contribution in [0, 0.1) is 0 Å². The van der Waals surface area contributed by atoms with Crippen LogP contribution in [0.4, 0.5) is 0 Å². The fraction of sp³-hybridized carbons (Fsp3) is 0.450. The molecule has 0 spiro atoms. The van der Waals surface area contributed by atoms with Gasteiger partial charge < -0.3 is 28.4 Å². The maximum absolute atomic E-state index is 11.9. The van der Waals surface area contributed by atoms with Crippen LogP contribution in [0.3, 0.4) is 0 Å². The van der Waals surface area contributed by atoms with Gasteiger partial charge in [-0.25, -0.2) is 0 Å². The van der Waals surface area contributed by atoms with Gasteiger partial charge in [-0.3, -0.25) is 4.79 Å². The maximum atomic E-state index is 11.9. The minimum absolute atomic E-state index is 0.226. The summed E-state index contributed by atoms with van der Waals surface area (Å²) < 4.78 is 34.3. The summed E-state index contributed by atoms with van der Waals surface area (Å²) in [6.07, 6.45) is -0.940. The second-order valence-corrected chi connectivity index (χ2v) is 6.55. The van der Waals surface area contributed by atoms with Crippen molar-refractivity contribution in [2.24, 2.45) is 0 Å². The van der Waals surface area contributed by atoms with E-state index in [2.05, 4.69) is 0 Å². The second kappa shape index (κ2) is 6.49. The molecule has 0 radical (unpaired) electrons. The molecule has 7 nitrogen and oxygen atoms in total. The van der Waals surface area contributed by atoms with Crippen molar-refractivity contribution in [3.8, 4) is 23.0 Å². The summed E-state index contributed by atoms with van der Waals surface area (Å²) in [5.41, 5.74) is 1.59. The maximum Gasteiger partial charge on any atom is 0.309 e. The predicted molar refractivity (Wildman–Crippen MR) is 96.9 cm³/mol. The average molecular weight is 374 g/mol. The van der Waals surface area contributed by atoms with Crippen LogP contribution >= 0.6 is 0 Å². The number of fused-ring (bicyclic) bond motifs is 4. The Labute approximate surface area is 157 Å². The van der Waals surface area contributed by atoms with E-state index < -0.39 is 6.10 Å². The lowest BCUT2D eigenvalue weighted by molar-refractivity contribution is -0.143. The zero-order valence-corrected chi connectivity index (χ0v) is 16.0. The largest absolute Gasteiger partial charge is 0.496 e. The van der Waals surface area contributed by atoms with E-state index in [-0.39, 0.29) is 24.6 Å². The number of hydrogen-bond donors (Lipinski definition) is 0. The monoisotopic (exact) mass is 374 g/mol. The molecule has 1 fully saturated rings. The first-order valence-electron chi connectivity index (χ1n) is 8.73. The lowest BCUT2D eigenvalue weighted by Gasteiger charge is -2.34. The van der Waals surface area contributed by atoms with Gasteiger partial charge in [0.25, 0.3) is 0 Å². The van der Waals surface area contributed by atoms with Gasteiger partial charge in [-0.1, -0.05) is 0 Å². The first-order valence-corrected chi connectivity index (χ1v) is 8.73. The van der Waals surface area contributed by atoms with E-state index >= 15 is 0 Å². The molecule has 0 unspecified atom stereocenters. The van der Waals surface area contributed by atoms with Crippen LogP contribution in [0.5, 0.6) is 23.0 Å². The summed E-state index contributed by atoms with van der Waals surface area (Å²) in [6, 6.07) is 3.71. The first kappa shape index (κ1) is 17.7. The number of ether oxygens (including phenoxy) is 6. The number of hydrogen-bond acceptors (Lipinski definition) is 7. The minimum Gasteiger partial charge on any atom is -0.496 e. The number of methoxy groups -OCH3 is 4. The Morgan fingerprint density at radius 3 is 2.26 bits per heavy atom. The molecule has 2 heterocycles. The predicted octanol–water partition coefficient (Wildman–Crippen LogP) is 3.32. The Morgan fingerprint density at radius 2 is 1.63 bits per heavy atom. The van der Waals surface area contributed by atoms with Crippen LogP contribution in [-0.4, -0.2) is 40.5 Å². The van der Waals surface area contributed by atoms with Crippen LogP contribution < -0.4 is 18.9 Å². The number of esters is 1. The van der Waals surface area contributed by atoms with Crippen LogP contribution in [0.15, 0.2) is 12.1 Å². The normalized spacial score (nSPS) is 23.4. The van der Waals surface area contributed by atoms with Gasteiger partial charge in [-0.15, -0.1) is 0 Å². The molecule has 0 saturated carbocycles. The topological polar surface area (TPSA) is 72.5 Å². The van der Waals surface area contributed by atoms with E-state index in [1.807, 2.05) is 19.1 Å². The number of carbonyl (C=O) groups is 1. The van der Waals surface area contributed by atoms with Crippen molar-refractivity contribution >= 4 is 16.7 Å². The van der Waals surface area contributed by atoms with Gasteiger partial charge in [0.05, 0.1) is 46.4 Å². The molecular weight excluding hydrogens is 352 g/mol. The molecule has 0 N–H and O–H groups in total. The molecule has 144 valence electrons. The highest BCUT2D eigenvalue weighted by atomic mass is 16.6. The third-order valence-corrected chi connectivity index (χ3v) is 5.24. The summed E-state index contributed by atoms with van der Waals surface area (Å²) in [4.78, 5) is 11.9. The fourth-order valence-electron chi connectivity index (χ4n) is 4.22. The molecule has 27 heavy (non-hydrogen) atoms. The molecule has 2 aliphatic heterocycles. The van der Waals surface area contributed by atoms with E-state index in [9.17, 15) is 4.79 Å². The third kappa shape index (κ3) is 2.41.